The van der Waals surface area contributed by atoms with Gasteiger partial charge in [0.15, 0.2) is 0 Å². The van der Waals surface area contributed by atoms with Gasteiger partial charge in [0.2, 0.25) is 0 Å². The molecule has 1 nitrogen and oxygen atoms in total. The van der Waals surface area contributed by atoms with Crippen LogP contribution in [0.5, 0.6) is 0 Å². The van der Waals surface area contributed by atoms with Gasteiger partial charge in [-0.15, -0.1) is 11.8 Å². The van der Waals surface area contributed by atoms with Crippen LogP contribution in [0, 0.1) is 17.8 Å². The molecule has 13 heavy (non-hydrogen) atoms. The Morgan fingerprint density at radius 3 is 2.46 bits per heavy atom. The largest absolute Gasteiger partial charge is 0.314 e. The average Bonchev–Trinajstić information content (AvgIpc) is 2.16. The van der Waals surface area contributed by atoms with E-state index >= 15 is 0 Å². The van der Waals surface area contributed by atoms with Gasteiger partial charge >= 0.3 is 0 Å². The summed E-state index contributed by atoms with van der Waals surface area (Å²) in [5, 5.41) is 3.52. The summed E-state index contributed by atoms with van der Waals surface area (Å²) in [5.41, 5.74) is 0. The molecule has 0 aromatic rings. The molecule has 0 fully saturated rings. The molecule has 0 aliphatic heterocycles. The van der Waals surface area contributed by atoms with Crippen molar-refractivity contribution in [3.05, 3.63) is 0 Å². The Kier molecular flexibility index (Phi) is 7.83. The van der Waals surface area contributed by atoms with Crippen molar-refractivity contribution in [3.8, 4) is 11.8 Å². The standard InChI is InChI=1S/C12H23N/c1-5-8-9-10-12(13-7-3)11(4)6-2/h11-13H,6-7,9-10H2,1-4H3. The molecule has 1 heteroatoms. The molecule has 2 atom stereocenters. The van der Waals surface area contributed by atoms with Gasteiger partial charge in [-0.3, -0.25) is 0 Å². The van der Waals surface area contributed by atoms with E-state index in [1.807, 2.05) is 6.92 Å². The minimum absolute atomic E-state index is 0.649. The van der Waals surface area contributed by atoms with Gasteiger partial charge < -0.3 is 5.32 Å². The Balaban J connectivity index is 3.83. The molecular formula is C12H23N. The summed E-state index contributed by atoms with van der Waals surface area (Å²) >= 11 is 0. The molecule has 2 unspecified atom stereocenters. The topological polar surface area (TPSA) is 12.0 Å². The highest BCUT2D eigenvalue weighted by molar-refractivity contribution is 4.95. The lowest BCUT2D eigenvalue weighted by atomic mass is 9.95. The van der Waals surface area contributed by atoms with Gasteiger partial charge in [-0.1, -0.05) is 27.2 Å². The normalized spacial score (nSPS) is 14.5. The SMILES string of the molecule is CC#CCCC(NCC)C(C)CC. The Morgan fingerprint density at radius 1 is 1.31 bits per heavy atom. The van der Waals surface area contributed by atoms with E-state index in [1.54, 1.807) is 0 Å². The highest BCUT2D eigenvalue weighted by Gasteiger charge is 2.12. The fourth-order valence-electron chi connectivity index (χ4n) is 1.49. The van der Waals surface area contributed by atoms with Crippen molar-refractivity contribution in [1.29, 1.82) is 0 Å². The van der Waals surface area contributed by atoms with E-state index in [1.165, 1.54) is 12.8 Å². The predicted octanol–water partition coefficient (Wildman–Crippen LogP) is 2.81. The molecule has 0 aromatic carbocycles. The highest BCUT2D eigenvalue weighted by Crippen LogP contribution is 2.12. The first-order valence-electron chi connectivity index (χ1n) is 5.39. The van der Waals surface area contributed by atoms with E-state index in [2.05, 4.69) is 37.9 Å². The first-order chi connectivity index (χ1) is 6.26. The zero-order chi connectivity index (χ0) is 10.1. The summed E-state index contributed by atoms with van der Waals surface area (Å²) in [6.07, 6.45) is 3.46. The fraction of sp³-hybridized carbons (Fsp3) is 0.833. The van der Waals surface area contributed by atoms with E-state index in [0.29, 0.717) is 6.04 Å². The molecule has 0 spiro atoms. The van der Waals surface area contributed by atoms with Gasteiger partial charge in [0, 0.05) is 12.5 Å². The third-order valence-electron chi connectivity index (χ3n) is 2.55. The predicted molar refractivity (Wildman–Crippen MR) is 59.6 cm³/mol. The maximum atomic E-state index is 3.52. The van der Waals surface area contributed by atoms with E-state index < -0.39 is 0 Å². The summed E-state index contributed by atoms with van der Waals surface area (Å²) in [5.74, 6) is 6.83. The summed E-state index contributed by atoms with van der Waals surface area (Å²) in [6, 6.07) is 0.649. The third kappa shape index (κ3) is 5.71. The zero-order valence-electron chi connectivity index (χ0n) is 9.48. The van der Waals surface area contributed by atoms with Gasteiger partial charge in [0.1, 0.15) is 0 Å². The van der Waals surface area contributed by atoms with Crippen LogP contribution in [0.3, 0.4) is 0 Å². The van der Waals surface area contributed by atoms with Crippen molar-refractivity contribution in [2.45, 2.75) is 53.0 Å². The zero-order valence-corrected chi connectivity index (χ0v) is 9.48. The molecule has 0 aliphatic carbocycles. The molecule has 0 saturated heterocycles. The lowest BCUT2D eigenvalue weighted by molar-refractivity contribution is 0.357. The maximum Gasteiger partial charge on any atom is 0.0103 e. The number of rotatable bonds is 6. The molecule has 76 valence electrons. The minimum Gasteiger partial charge on any atom is -0.314 e. The first-order valence-corrected chi connectivity index (χ1v) is 5.39. The molecule has 0 heterocycles. The number of nitrogens with one attached hydrogen (secondary N) is 1. The Bertz CT molecular complexity index is 164. The van der Waals surface area contributed by atoms with Crippen molar-refractivity contribution < 1.29 is 0 Å². The second-order valence-corrected chi connectivity index (χ2v) is 3.52. The second-order valence-electron chi connectivity index (χ2n) is 3.52. The van der Waals surface area contributed by atoms with Gasteiger partial charge in [0.25, 0.3) is 0 Å². The van der Waals surface area contributed by atoms with Gasteiger partial charge in [0.05, 0.1) is 0 Å². The van der Waals surface area contributed by atoms with Crippen molar-refractivity contribution >= 4 is 0 Å². The molecule has 0 rings (SSSR count). The Hall–Kier alpha value is -0.480. The molecule has 0 saturated carbocycles. The lowest BCUT2D eigenvalue weighted by Crippen LogP contribution is -2.34. The van der Waals surface area contributed by atoms with Crippen LogP contribution in [0.1, 0.15) is 47.0 Å². The van der Waals surface area contributed by atoms with Gasteiger partial charge in [-0.25, -0.2) is 0 Å². The highest BCUT2D eigenvalue weighted by atomic mass is 14.9. The van der Waals surface area contributed by atoms with Crippen LogP contribution >= 0.6 is 0 Å². The van der Waals surface area contributed by atoms with Gasteiger partial charge in [-0.05, 0) is 25.8 Å². The van der Waals surface area contributed by atoms with E-state index in [9.17, 15) is 0 Å². The summed E-state index contributed by atoms with van der Waals surface area (Å²) in [4.78, 5) is 0. The first kappa shape index (κ1) is 12.5. The van der Waals surface area contributed by atoms with E-state index in [-0.39, 0.29) is 0 Å². The Labute approximate surface area is 83.3 Å². The van der Waals surface area contributed by atoms with Crippen LogP contribution < -0.4 is 5.32 Å². The smallest absolute Gasteiger partial charge is 0.0103 e. The van der Waals surface area contributed by atoms with E-state index in [4.69, 9.17) is 0 Å². The molecular weight excluding hydrogens is 158 g/mol. The Morgan fingerprint density at radius 2 is 2.00 bits per heavy atom. The van der Waals surface area contributed by atoms with Crippen LogP contribution in [0.25, 0.3) is 0 Å². The quantitative estimate of drug-likeness (QED) is 0.621. The van der Waals surface area contributed by atoms with Crippen LogP contribution in [0.2, 0.25) is 0 Å². The number of hydrogen-bond acceptors (Lipinski definition) is 1. The summed E-state index contributed by atoms with van der Waals surface area (Å²) in [6.45, 7) is 9.70. The van der Waals surface area contributed by atoms with Crippen molar-refractivity contribution in [2.75, 3.05) is 6.54 Å². The third-order valence-corrected chi connectivity index (χ3v) is 2.55. The van der Waals surface area contributed by atoms with Crippen LogP contribution in [0.4, 0.5) is 0 Å². The average molecular weight is 181 g/mol. The van der Waals surface area contributed by atoms with Crippen molar-refractivity contribution in [3.63, 3.8) is 0 Å². The van der Waals surface area contributed by atoms with Crippen LogP contribution in [-0.2, 0) is 0 Å². The molecule has 0 aromatic heterocycles. The molecule has 0 amide bonds. The monoisotopic (exact) mass is 181 g/mol. The fourth-order valence-corrected chi connectivity index (χ4v) is 1.49. The molecule has 0 bridgehead atoms. The van der Waals surface area contributed by atoms with E-state index in [0.717, 1.165) is 18.9 Å². The van der Waals surface area contributed by atoms with Gasteiger partial charge in [-0.2, -0.15) is 0 Å². The molecule has 0 aliphatic rings. The molecule has 1 N–H and O–H groups in total. The van der Waals surface area contributed by atoms with Crippen LogP contribution in [0.15, 0.2) is 0 Å². The summed E-state index contributed by atoms with van der Waals surface area (Å²) < 4.78 is 0. The number of hydrogen-bond donors (Lipinski definition) is 1. The lowest BCUT2D eigenvalue weighted by Gasteiger charge is -2.22. The van der Waals surface area contributed by atoms with Crippen molar-refractivity contribution in [2.24, 2.45) is 5.92 Å². The minimum atomic E-state index is 0.649. The van der Waals surface area contributed by atoms with Crippen LogP contribution in [-0.4, -0.2) is 12.6 Å². The summed E-state index contributed by atoms with van der Waals surface area (Å²) in [7, 11) is 0. The molecule has 0 radical (unpaired) electrons. The second kappa shape index (κ2) is 8.13. The van der Waals surface area contributed by atoms with Crippen molar-refractivity contribution in [1.82, 2.24) is 5.32 Å². The maximum absolute atomic E-state index is 3.52.